The Balaban J connectivity index is 1.47. The van der Waals surface area contributed by atoms with Crippen molar-refractivity contribution in [3.8, 4) is 5.75 Å². The van der Waals surface area contributed by atoms with E-state index in [0.717, 1.165) is 34.9 Å². The Morgan fingerprint density at radius 3 is 2.59 bits per heavy atom. The number of aliphatic carboxylic acids is 1. The van der Waals surface area contributed by atoms with Crippen LogP contribution in [0.3, 0.4) is 0 Å². The van der Waals surface area contributed by atoms with Crippen LogP contribution >= 0.6 is 0 Å². The van der Waals surface area contributed by atoms with Crippen molar-refractivity contribution in [1.82, 2.24) is 10.2 Å². The van der Waals surface area contributed by atoms with Gasteiger partial charge in [-0.05, 0) is 35.3 Å². The SMILES string of the molecule is CC(=O)N1CC2CC(c3ccc(CCOc4cc(F)ccc4F)cc3)=C(C(=O)O)C(C1)N2. The summed E-state index contributed by atoms with van der Waals surface area (Å²) in [5.41, 5.74) is 2.83. The normalized spacial score (nSPS) is 20.3. The van der Waals surface area contributed by atoms with Gasteiger partial charge in [-0.1, -0.05) is 24.3 Å². The predicted molar refractivity (Wildman–Crippen MR) is 114 cm³/mol. The molecule has 2 aromatic carbocycles. The second-order valence-electron chi connectivity index (χ2n) is 8.11. The molecule has 0 aromatic heterocycles. The van der Waals surface area contributed by atoms with Crippen LogP contribution in [0.4, 0.5) is 8.78 Å². The largest absolute Gasteiger partial charge is 0.490 e. The average Bonchev–Trinajstić information content (AvgIpc) is 2.75. The highest BCUT2D eigenvalue weighted by atomic mass is 19.1. The first kappa shape index (κ1) is 22.0. The van der Waals surface area contributed by atoms with Gasteiger partial charge >= 0.3 is 5.97 Å². The molecule has 1 fully saturated rings. The van der Waals surface area contributed by atoms with Gasteiger partial charge in [-0.2, -0.15) is 0 Å². The van der Waals surface area contributed by atoms with Gasteiger partial charge in [0.2, 0.25) is 5.91 Å². The van der Waals surface area contributed by atoms with Crippen LogP contribution in [0.15, 0.2) is 48.0 Å². The number of hydrogen-bond acceptors (Lipinski definition) is 4. The Labute approximate surface area is 184 Å². The molecular weight excluding hydrogens is 418 g/mol. The molecule has 2 aliphatic heterocycles. The lowest BCUT2D eigenvalue weighted by molar-refractivity contribution is -0.135. The van der Waals surface area contributed by atoms with E-state index in [2.05, 4.69) is 5.32 Å². The van der Waals surface area contributed by atoms with Gasteiger partial charge in [0.1, 0.15) is 5.82 Å². The molecule has 2 aromatic rings. The maximum atomic E-state index is 13.7. The summed E-state index contributed by atoms with van der Waals surface area (Å²) in [6, 6.07) is 10.2. The Bertz CT molecular complexity index is 1070. The Hall–Kier alpha value is -3.26. The van der Waals surface area contributed by atoms with Crippen LogP contribution in [-0.4, -0.2) is 53.7 Å². The van der Waals surface area contributed by atoms with E-state index in [9.17, 15) is 23.5 Å². The van der Waals surface area contributed by atoms with Crippen LogP contribution < -0.4 is 10.1 Å². The van der Waals surface area contributed by atoms with Crippen LogP contribution in [0.25, 0.3) is 5.57 Å². The van der Waals surface area contributed by atoms with E-state index in [4.69, 9.17) is 4.74 Å². The molecule has 0 radical (unpaired) electrons. The summed E-state index contributed by atoms with van der Waals surface area (Å²) < 4.78 is 32.2. The summed E-state index contributed by atoms with van der Waals surface area (Å²) in [5, 5.41) is 13.2. The maximum Gasteiger partial charge on any atom is 0.333 e. The van der Waals surface area contributed by atoms with E-state index in [0.29, 0.717) is 31.5 Å². The number of benzene rings is 2. The fourth-order valence-electron chi connectivity index (χ4n) is 4.36. The highest BCUT2D eigenvalue weighted by Crippen LogP contribution is 2.33. The lowest BCUT2D eigenvalue weighted by Crippen LogP contribution is -2.61. The van der Waals surface area contributed by atoms with Crippen molar-refractivity contribution in [2.75, 3.05) is 19.7 Å². The van der Waals surface area contributed by atoms with Crippen molar-refractivity contribution in [1.29, 1.82) is 0 Å². The number of piperazine rings is 1. The second kappa shape index (κ2) is 9.08. The van der Waals surface area contributed by atoms with E-state index in [1.807, 2.05) is 24.3 Å². The minimum atomic E-state index is -0.990. The van der Waals surface area contributed by atoms with E-state index in [1.165, 1.54) is 6.92 Å². The van der Waals surface area contributed by atoms with Gasteiger partial charge in [0.15, 0.2) is 11.6 Å². The summed E-state index contributed by atoms with van der Waals surface area (Å²) in [5.74, 6) is -2.35. The highest BCUT2D eigenvalue weighted by molar-refractivity contribution is 5.98. The zero-order chi connectivity index (χ0) is 22.8. The number of nitrogens with one attached hydrogen (secondary N) is 1. The minimum Gasteiger partial charge on any atom is -0.490 e. The maximum absolute atomic E-state index is 13.7. The molecule has 0 saturated carbocycles. The lowest BCUT2D eigenvalue weighted by Gasteiger charge is -2.43. The van der Waals surface area contributed by atoms with Crippen LogP contribution in [0.2, 0.25) is 0 Å². The molecule has 0 spiro atoms. The number of rotatable bonds is 6. The summed E-state index contributed by atoms with van der Waals surface area (Å²) in [7, 11) is 0. The number of carboxylic acids is 1. The van der Waals surface area contributed by atoms with Crippen molar-refractivity contribution in [2.24, 2.45) is 0 Å². The number of hydrogen-bond donors (Lipinski definition) is 2. The van der Waals surface area contributed by atoms with Crippen molar-refractivity contribution in [3.63, 3.8) is 0 Å². The van der Waals surface area contributed by atoms with Gasteiger partial charge in [-0.25, -0.2) is 13.6 Å². The smallest absolute Gasteiger partial charge is 0.333 e. The molecule has 4 rings (SSSR count). The first-order chi connectivity index (χ1) is 15.3. The molecule has 6 nitrogen and oxygen atoms in total. The third-order valence-electron chi connectivity index (χ3n) is 5.92. The quantitative estimate of drug-likeness (QED) is 0.719. The molecule has 168 valence electrons. The fourth-order valence-corrected chi connectivity index (χ4v) is 4.36. The predicted octanol–water partition coefficient (Wildman–Crippen LogP) is 3.02. The number of carbonyl (C=O) groups is 2. The number of carboxylic acid groups (broad SMARTS) is 1. The van der Waals surface area contributed by atoms with Gasteiger partial charge in [-0.15, -0.1) is 0 Å². The first-order valence-corrected chi connectivity index (χ1v) is 10.5. The summed E-state index contributed by atoms with van der Waals surface area (Å²) in [6.07, 6.45) is 1.00. The van der Waals surface area contributed by atoms with E-state index in [1.54, 1.807) is 4.90 Å². The first-order valence-electron chi connectivity index (χ1n) is 10.5. The third-order valence-corrected chi connectivity index (χ3v) is 5.92. The van der Waals surface area contributed by atoms with Gasteiger partial charge < -0.3 is 20.1 Å². The van der Waals surface area contributed by atoms with Gasteiger partial charge in [-0.3, -0.25) is 4.79 Å². The number of nitrogens with zero attached hydrogens (tertiary/aromatic N) is 1. The summed E-state index contributed by atoms with van der Waals surface area (Å²) >= 11 is 0. The van der Waals surface area contributed by atoms with Crippen LogP contribution in [0.5, 0.6) is 5.75 Å². The molecule has 2 aliphatic rings. The molecule has 2 N–H and O–H groups in total. The number of amides is 1. The molecule has 2 bridgehead atoms. The molecule has 8 heteroatoms. The third kappa shape index (κ3) is 4.65. The summed E-state index contributed by atoms with van der Waals surface area (Å²) in [6.45, 7) is 2.56. The van der Waals surface area contributed by atoms with Crippen LogP contribution in [0.1, 0.15) is 24.5 Å². The molecular formula is C24H24F2N2O4. The summed E-state index contributed by atoms with van der Waals surface area (Å²) in [4.78, 5) is 25.5. The van der Waals surface area contributed by atoms with Crippen molar-refractivity contribution in [2.45, 2.75) is 31.8 Å². The van der Waals surface area contributed by atoms with Crippen LogP contribution in [-0.2, 0) is 16.0 Å². The number of ether oxygens (including phenoxy) is 1. The number of halogens is 2. The topological polar surface area (TPSA) is 78.9 Å². The molecule has 32 heavy (non-hydrogen) atoms. The average molecular weight is 442 g/mol. The van der Waals surface area contributed by atoms with Gasteiger partial charge in [0, 0.05) is 38.5 Å². The zero-order valence-corrected chi connectivity index (χ0v) is 17.6. The Morgan fingerprint density at radius 2 is 1.91 bits per heavy atom. The molecule has 2 atom stereocenters. The number of carbonyl (C=O) groups excluding carboxylic acids is 1. The van der Waals surface area contributed by atoms with Gasteiger partial charge in [0.05, 0.1) is 18.2 Å². The molecule has 2 heterocycles. The van der Waals surface area contributed by atoms with E-state index < -0.39 is 23.6 Å². The minimum absolute atomic E-state index is 0.00462. The standard InChI is InChI=1S/C24H24F2N2O4/c1-14(29)28-12-18-11-19(23(24(30)31)21(13-28)27-18)16-4-2-15(3-5-16)8-9-32-22-10-17(25)6-7-20(22)26/h2-7,10,18,21,27H,8-9,11-13H2,1H3,(H,30,31). The fraction of sp³-hybridized carbons (Fsp3) is 0.333. The zero-order valence-electron chi connectivity index (χ0n) is 17.6. The second-order valence-corrected chi connectivity index (χ2v) is 8.11. The molecule has 2 unspecified atom stereocenters. The Morgan fingerprint density at radius 1 is 1.16 bits per heavy atom. The van der Waals surface area contributed by atoms with E-state index in [-0.39, 0.29) is 24.3 Å². The number of fused-ring (bicyclic) bond motifs is 2. The molecule has 1 amide bonds. The highest BCUT2D eigenvalue weighted by Gasteiger charge is 2.38. The van der Waals surface area contributed by atoms with Crippen molar-refractivity contribution < 1.29 is 28.2 Å². The van der Waals surface area contributed by atoms with Gasteiger partial charge in [0.25, 0.3) is 0 Å². The Kier molecular flexibility index (Phi) is 6.23. The van der Waals surface area contributed by atoms with Crippen molar-refractivity contribution >= 4 is 17.4 Å². The lowest BCUT2D eigenvalue weighted by atomic mass is 9.83. The molecule has 1 saturated heterocycles. The van der Waals surface area contributed by atoms with E-state index >= 15 is 0 Å². The molecule has 0 aliphatic carbocycles. The van der Waals surface area contributed by atoms with Crippen molar-refractivity contribution in [3.05, 3.63) is 70.8 Å². The monoisotopic (exact) mass is 442 g/mol. The van der Waals surface area contributed by atoms with Crippen LogP contribution in [0, 0.1) is 11.6 Å².